The molecule has 6 heteroatoms. The highest BCUT2D eigenvalue weighted by atomic mass is 32.2. The number of hydrogen-bond donors (Lipinski definition) is 0. The first kappa shape index (κ1) is 15.6. The highest BCUT2D eigenvalue weighted by Gasteiger charge is 2.50. The van der Waals surface area contributed by atoms with Gasteiger partial charge in [-0.1, -0.05) is 6.07 Å². The zero-order chi connectivity index (χ0) is 15.7. The van der Waals surface area contributed by atoms with Gasteiger partial charge < -0.3 is 9.47 Å². The van der Waals surface area contributed by atoms with Gasteiger partial charge in [0.2, 0.25) is 10.0 Å². The summed E-state index contributed by atoms with van der Waals surface area (Å²) in [6.45, 7) is 2.12. The van der Waals surface area contributed by atoms with Crippen molar-refractivity contribution >= 4 is 10.0 Å². The van der Waals surface area contributed by atoms with Gasteiger partial charge in [0.1, 0.15) is 18.1 Å². The number of benzene rings is 1. The summed E-state index contributed by atoms with van der Waals surface area (Å²) < 4.78 is 37.5. The van der Waals surface area contributed by atoms with Crippen LogP contribution < -0.4 is 9.47 Å². The lowest BCUT2D eigenvalue weighted by molar-refractivity contribution is 0.162. The van der Waals surface area contributed by atoms with E-state index in [0.29, 0.717) is 12.5 Å². The Morgan fingerprint density at radius 1 is 1.27 bits per heavy atom. The van der Waals surface area contributed by atoms with Crippen LogP contribution in [-0.4, -0.2) is 44.3 Å². The second kappa shape index (κ2) is 6.08. The molecule has 1 aliphatic heterocycles. The summed E-state index contributed by atoms with van der Waals surface area (Å²) in [5.74, 6) is 2.04. The van der Waals surface area contributed by atoms with Crippen LogP contribution in [0.15, 0.2) is 24.3 Å². The molecule has 0 spiro atoms. The first-order valence-electron chi connectivity index (χ1n) is 7.83. The molecule has 1 aliphatic carbocycles. The molecule has 0 radical (unpaired) electrons. The van der Waals surface area contributed by atoms with Gasteiger partial charge in [-0.15, -0.1) is 0 Å². The van der Waals surface area contributed by atoms with E-state index in [9.17, 15) is 8.42 Å². The second-order valence-electron chi connectivity index (χ2n) is 6.01. The molecule has 0 N–H and O–H groups in total. The monoisotopic (exact) mass is 325 g/mol. The highest BCUT2D eigenvalue weighted by Crippen LogP contribution is 2.44. The Morgan fingerprint density at radius 2 is 2.05 bits per heavy atom. The largest absolute Gasteiger partial charge is 0.497 e. The molecule has 5 nitrogen and oxygen atoms in total. The molecule has 2 bridgehead atoms. The van der Waals surface area contributed by atoms with Crippen LogP contribution in [0.3, 0.4) is 0 Å². The van der Waals surface area contributed by atoms with Crippen molar-refractivity contribution in [2.24, 2.45) is 5.92 Å². The maximum atomic E-state index is 12.4. The molecule has 1 saturated heterocycles. The maximum Gasteiger partial charge on any atom is 0.214 e. The Labute approximate surface area is 132 Å². The number of ether oxygens (including phenoxy) is 2. The second-order valence-corrected chi connectivity index (χ2v) is 8.18. The van der Waals surface area contributed by atoms with E-state index >= 15 is 0 Å². The maximum absolute atomic E-state index is 12.4. The van der Waals surface area contributed by atoms with E-state index in [2.05, 4.69) is 0 Å². The van der Waals surface area contributed by atoms with Crippen LogP contribution in [0.25, 0.3) is 0 Å². The van der Waals surface area contributed by atoms with Crippen LogP contribution >= 0.6 is 0 Å². The third kappa shape index (κ3) is 2.82. The lowest BCUT2D eigenvalue weighted by Gasteiger charge is -2.33. The van der Waals surface area contributed by atoms with Gasteiger partial charge in [-0.2, -0.15) is 4.31 Å². The first-order chi connectivity index (χ1) is 10.5. The molecule has 1 heterocycles. The van der Waals surface area contributed by atoms with Crippen molar-refractivity contribution in [2.45, 2.75) is 38.3 Å². The summed E-state index contributed by atoms with van der Waals surface area (Å²) in [5, 5.41) is 0. The highest BCUT2D eigenvalue weighted by molar-refractivity contribution is 7.89. The van der Waals surface area contributed by atoms with Crippen LogP contribution in [0.5, 0.6) is 11.5 Å². The van der Waals surface area contributed by atoms with Crippen molar-refractivity contribution in [3.05, 3.63) is 24.3 Å². The van der Waals surface area contributed by atoms with E-state index in [0.717, 1.165) is 30.8 Å². The van der Waals surface area contributed by atoms with Gasteiger partial charge in [0.25, 0.3) is 0 Å². The minimum absolute atomic E-state index is 0.0325. The van der Waals surface area contributed by atoms with Gasteiger partial charge in [0, 0.05) is 12.1 Å². The SMILES string of the molecule is CCS(=O)(=O)N1[C@@H]2CC[C@H](C2)[C@H]1COc1cccc(OC)c1. The standard InChI is InChI=1S/C16H23NO4S/c1-3-22(18,19)17-13-8-7-12(9-13)16(17)11-21-15-6-4-5-14(10-15)20-2/h4-6,10,12-13,16H,3,7-9,11H2,1-2H3/t12-,13-,16-/m1/s1. The van der Waals surface area contributed by atoms with Crippen molar-refractivity contribution < 1.29 is 17.9 Å². The van der Waals surface area contributed by atoms with Gasteiger partial charge in [-0.05, 0) is 44.2 Å². The predicted molar refractivity (Wildman–Crippen MR) is 84.7 cm³/mol. The van der Waals surface area contributed by atoms with Crippen LogP contribution in [-0.2, 0) is 10.0 Å². The molecular weight excluding hydrogens is 302 g/mol. The van der Waals surface area contributed by atoms with Gasteiger partial charge in [-0.25, -0.2) is 8.42 Å². The van der Waals surface area contributed by atoms with Crippen LogP contribution in [0.2, 0.25) is 0 Å². The van der Waals surface area contributed by atoms with Gasteiger partial charge in [0.15, 0.2) is 0 Å². The van der Waals surface area contributed by atoms with E-state index in [1.807, 2.05) is 24.3 Å². The van der Waals surface area contributed by atoms with Crippen molar-refractivity contribution in [2.75, 3.05) is 19.5 Å². The molecule has 1 saturated carbocycles. The van der Waals surface area contributed by atoms with E-state index < -0.39 is 10.0 Å². The predicted octanol–water partition coefficient (Wildman–Crippen LogP) is 2.28. The molecule has 1 aromatic rings. The molecule has 122 valence electrons. The zero-order valence-corrected chi connectivity index (χ0v) is 13.9. The zero-order valence-electron chi connectivity index (χ0n) is 13.1. The molecule has 3 rings (SSSR count). The fourth-order valence-electron chi connectivity index (χ4n) is 3.72. The van der Waals surface area contributed by atoms with Gasteiger partial charge in [-0.3, -0.25) is 0 Å². The van der Waals surface area contributed by atoms with E-state index in [1.165, 1.54) is 0 Å². The minimum atomic E-state index is -3.17. The summed E-state index contributed by atoms with van der Waals surface area (Å²) in [6.07, 6.45) is 3.07. The average molecular weight is 325 g/mol. The van der Waals surface area contributed by atoms with E-state index in [1.54, 1.807) is 18.3 Å². The Hall–Kier alpha value is -1.27. The Kier molecular flexibility index (Phi) is 4.32. The first-order valence-corrected chi connectivity index (χ1v) is 9.44. The van der Waals surface area contributed by atoms with E-state index in [4.69, 9.17) is 9.47 Å². The van der Waals surface area contributed by atoms with Crippen molar-refractivity contribution in [1.82, 2.24) is 4.31 Å². The summed E-state index contributed by atoms with van der Waals surface area (Å²) in [7, 11) is -1.55. The average Bonchev–Trinajstić information content (AvgIpc) is 3.14. The summed E-state index contributed by atoms with van der Waals surface area (Å²) in [5.41, 5.74) is 0. The lowest BCUT2D eigenvalue weighted by atomic mass is 10.0. The molecule has 22 heavy (non-hydrogen) atoms. The Balaban J connectivity index is 1.73. The molecule has 2 fully saturated rings. The smallest absolute Gasteiger partial charge is 0.214 e. The van der Waals surface area contributed by atoms with Gasteiger partial charge >= 0.3 is 0 Å². The fraction of sp³-hybridized carbons (Fsp3) is 0.625. The van der Waals surface area contributed by atoms with Gasteiger partial charge in [0.05, 0.1) is 18.9 Å². The molecule has 3 atom stereocenters. The molecule has 2 aliphatic rings. The normalized spacial score (nSPS) is 28.0. The third-order valence-electron chi connectivity index (χ3n) is 4.82. The third-order valence-corrected chi connectivity index (χ3v) is 6.77. The quantitative estimate of drug-likeness (QED) is 0.805. The number of nitrogens with zero attached hydrogens (tertiary/aromatic N) is 1. The van der Waals surface area contributed by atoms with Crippen LogP contribution in [0, 0.1) is 5.92 Å². The summed E-state index contributed by atoms with van der Waals surface area (Å²) in [6, 6.07) is 7.57. The van der Waals surface area contributed by atoms with Crippen LogP contribution in [0.1, 0.15) is 26.2 Å². The van der Waals surface area contributed by atoms with Crippen molar-refractivity contribution in [3.63, 3.8) is 0 Å². The number of piperidine rings is 1. The molecule has 0 aromatic heterocycles. The topological polar surface area (TPSA) is 55.8 Å². The molecule has 0 unspecified atom stereocenters. The number of fused-ring (bicyclic) bond motifs is 2. The molecule has 1 aromatic carbocycles. The van der Waals surface area contributed by atoms with Crippen molar-refractivity contribution in [3.8, 4) is 11.5 Å². The van der Waals surface area contributed by atoms with E-state index in [-0.39, 0.29) is 17.8 Å². The molecule has 0 amide bonds. The molecular formula is C16H23NO4S. The summed E-state index contributed by atoms with van der Waals surface area (Å²) in [4.78, 5) is 0. The Bertz CT molecular complexity index is 631. The lowest BCUT2D eigenvalue weighted by Crippen LogP contribution is -2.48. The summed E-state index contributed by atoms with van der Waals surface area (Å²) >= 11 is 0. The minimum Gasteiger partial charge on any atom is -0.497 e. The Morgan fingerprint density at radius 3 is 2.77 bits per heavy atom. The van der Waals surface area contributed by atoms with Crippen molar-refractivity contribution in [1.29, 1.82) is 0 Å². The van der Waals surface area contributed by atoms with Crippen LogP contribution in [0.4, 0.5) is 0 Å². The number of hydrogen-bond acceptors (Lipinski definition) is 4. The number of rotatable bonds is 6. The number of methoxy groups -OCH3 is 1. The fourth-order valence-corrected chi connectivity index (χ4v) is 5.30. The number of sulfonamides is 1.